The van der Waals surface area contributed by atoms with E-state index in [4.69, 9.17) is 67.0 Å². The first-order chi connectivity index (χ1) is 30.7. The minimum atomic E-state index is -3.70. The smallest absolute Gasteiger partial charge is 0.474 e. The quantitative estimate of drug-likeness (QED) is 0.0835. The summed E-state index contributed by atoms with van der Waals surface area (Å²) < 4.78 is 92.2. The molecular weight excluding hydrogens is 890 g/mol. The first-order valence-electron chi connectivity index (χ1n) is 20.6. The fourth-order valence-electron chi connectivity index (χ4n) is 5.60. The number of aromatic nitrogens is 8. The Morgan fingerprint density at radius 1 is 0.656 bits per heavy atom. The molecule has 6 rings (SSSR count). The molecule has 0 aromatic carbocycles. The summed E-state index contributed by atoms with van der Waals surface area (Å²) in [4.78, 5) is 48.2. The third-order valence-corrected chi connectivity index (χ3v) is 11.9. The lowest BCUT2D eigenvalue weighted by molar-refractivity contribution is -0.148. The number of esters is 2. The number of ether oxygens (including phenoxy) is 6. The van der Waals surface area contributed by atoms with E-state index in [1.807, 2.05) is 13.8 Å². The van der Waals surface area contributed by atoms with Crippen molar-refractivity contribution < 1.29 is 74.3 Å². The number of anilines is 2. The number of imidazole rings is 2. The Bertz CT molecular complexity index is 2070. The maximum atomic E-state index is 12.5. The Kier molecular flexibility index (Phi) is 18.9. The molecule has 0 spiro atoms. The number of nitrogens with two attached hydrogens (primary N) is 2. The van der Waals surface area contributed by atoms with Gasteiger partial charge in [0.15, 0.2) is 22.3 Å². The Labute approximate surface area is 368 Å². The van der Waals surface area contributed by atoms with Crippen LogP contribution in [0.1, 0.15) is 54.4 Å². The topological polar surface area (TPSA) is 318 Å². The van der Waals surface area contributed by atoms with Gasteiger partial charge in [0.05, 0.1) is 90.6 Å². The van der Waals surface area contributed by atoms with Crippen molar-refractivity contribution in [3.63, 3.8) is 0 Å². The summed E-state index contributed by atoms with van der Waals surface area (Å²) in [6.45, 7) is 12.3. The van der Waals surface area contributed by atoms with Crippen LogP contribution in [0.25, 0.3) is 22.3 Å². The van der Waals surface area contributed by atoms with E-state index >= 15 is 0 Å². The maximum absolute atomic E-state index is 12.5. The van der Waals surface area contributed by atoms with Gasteiger partial charge >= 0.3 is 27.6 Å². The molecule has 0 bridgehead atoms. The zero-order valence-corrected chi connectivity index (χ0v) is 38.3. The first kappa shape index (κ1) is 50.4. The number of hydrogen-bond donors (Lipinski definition) is 2. The first-order valence-corrected chi connectivity index (χ1v) is 23.5. The highest BCUT2D eigenvalue weighted by Gasteiger charge is 2.36. The van der Waals surface area contributed by atoms with Crippen LogP contribution in [-0.2, 0) is 78.3 Å². The highest BCUT2D eigenvalue weighted by Crippen LogP contribution is 2.53. The Hall–Kier alpha value is -4.62. The lowest BCUT2D eigenvalue weighted by Gasteiger charge is -2.28. The van der Waals surface area contributed by atoms with Crippen LogP contribution in [0.5, 0.6) is 11.8 Å². The van der Waals surface area contributed by atoms with Gasteiger partial charge < -0.3 is 39.9 Å². The molecule has 2 saturated heterocycles. The number of carbonyl (C=O) groups excluding carboxylic acids is 2. The zero-order valence-electron chi connectivity index (χ0n) is 36.5. The van der Waals surface area contributed by atoms with Gasteiger partial charge in [-0.15, -0.1) is 0 Å². The highest BCUT2D eigenvalue weighted by atomic mass is 31.2. The van der Waals surface area contributed by atoms with Crippen LogP contribution < -0.4 is 20.9 Å². The van der Waals surface area contributed by atoms with Gasteiger partial charge in [0.1, 0.15) is 25.7 Å². The van der Waals surface area contributed by atoms with E-state index in [0.717, 1.165) is 0 Å². The molecule has 0 aliphatic carbocycles. The van der Waals surface area contributed by atoms with Gasteiger partial charge in [-0.05, 0) is 40.5 Å². The van der Waals surface area contributed by atoms with Crippen LogP contribution in [0.15, 0.2) is 12.7 Å². The van der Waals surface area contributed by atoms with Crippen molar-refractivity contribution >= 4 is 61.8 Å². The number of nitrogen functional groups attached to an aromatic ring is 2. The molecule has 28 heteroatoms. The molecule has 0 radical (unpaired) electrons. The predicted octanol–water partition coefficient (Wildman–Crippen LogP) is 3.82. The van der Waals surface area contributed by atoms with Crippen molar-refractivity contribution in [2.75, 3.05) is 77.5 Å². The Morgan fingerprint density at radius 3 is 1.38 bits per heavy atom. The fraction of sp³-hybridized carbons (Fsp3) is 0.667. The SMILES string of the molecule is CCOC(=O)[C@@H](C)CCOP1(=O)OCC(OCn2cnc3c(OCC)nc(N)nc32)CO1.CCOC(=O)[C@@H](C)CCOP1(=O)OCC(OCn2cnc3c(OCC)nc(N)nc32)CO1. The third kappa shape index (κ3) is 14.2. The molecule has 4 aromatic rings. The maximum Gasteiger partial charge on any atom is 0.474 e. The molecule has 0 amide bonds. The molecule has 2 fully saturated rings. The van der Waals surface area contributed by atoms with Crippen LogP contribution in [0.4, 0.5) is 11.9 Å². The van der Waals surface area contributed by atoms with Gasteiger partial charge in [-0.1, -0.05) is 13.8 Å². The molecule has 0 saturated carbocycles. The minimum Gasteiger partial charge on any atom is -0.476 e. The third-order valence-electron chi connectivity index (χ3n) is 9.01. The van der Waals surface area contributed by atoms with E-state index < -0.39 is 27.9 Å². The summed E-state index contributed by atoms with van der Waals surface area (Å²) in [7, 11) is -7.40. The van der Waals surface area contributed by atoms with E-state index in [9.17, 15) is 18.7 Å². The van der Waals surface area contributed by atoms with Crippen molar-refractivity contribution in [2.45, 2.75) is 80.1 Å². The van der Waals surface area contributed by atoms with Gasteiger partial charge in [-0.2, -0.15) is 19.9 Å². The lowest BCUT2D eigenvalue weighted by Crippen LogP contribution is -2.30. The molecule has 2 aliphatic rings. The Morgan fingerprint density at radius 2 is 1.03 bits per heavy atom. The molecule has 2 aliphatic heterocycles. The standard InChI is InChI=1S/2C18H28N5O8P/c2*1-4-26-16-14-15(21-18(19)22-16)23(10-20-14)11-28-13-8-30-32(25,31-9-13)29-7-6-12(3)17(24)27-5-2/h2*10,12-13H,4-9,11H2,1-3H3,(H2,19,21,22)/t2*12-,13?,32?/m00/s1. The summed E-state index contributed by atoms with van der Waals surface area (Å²) in [5, 5.41) is 0. The second-order valence-corrected chi connectivity index (χ2v) is 17.2. The summed E-state index contributed by atoms with van der Waals surface area (Å²) >= 11 is 0. The average Bonchev–Trinajstić information content (AvgIpc) is 3.87. The number of carbonyl (C=O) groups is 2. The van der Waals surface area contributed by atoms with Crippen LogP contribution >= 0.6 is 15.6 Å². The molecule has 4 aromatic heterocycles. The molecule has 26 nitrogen and oxygen atoms in total. The molecule has 64 heavy (non-hydrogen) atoms. The van der Waals surface area contributed by atoms with Gasteiger partial charge in [-0.25, -0.2) is 19.1 Å². The average molecular weight is 947 g/mol. The van der Waals surface area contributed by atoms with E-state index in [-0.39, 0.29) is 88.8 Å². The fourth-order valence-corrected chi connectivity index (χ4v) is 8.10. The number of fused-ring (bicyclic) bond motifs is 2. The van der Waals surface area contributed by atoms with Crippen molar-refractivity contribution in [1.29, 1.82) is 0 Å². The summed E-state index contributed by atoms with van der Waals surface area (Å²) in [6, 6.07) is 0. The monoisotopic (exact) mass is 946 g/mol. The van der Waals surface area contributed by atoms with Crippen molar-refractivity contribution in [3.8, 4) is 11.8 Å². The largest absolute Gasteiger partial charge is 0.476 e. The number of phosphoric acid groups is 2. The van der Waals surface area contributed by atoms with Crippen molar-refractivity contribution in [1.82, 2.24) is 39.0 Å². The number of nitrogens with zero attached hydrogens (tertiary/aromatic N) is 8. The summed E-state index contributed by atoms with van der Waals surface area (Å²) in [6.07, 6.45) is 2.76. The van der Waals surface area contributed by atoms with Crippen LogP contribution in [-0.4, -0.2) is 129 Å². The van der Waals surface area contributed by atoms with Gasteiger partial charge in [0.2, 0.25) is 23.7 Å². The molecule has 6 heterocycles. The summed E-state index contributed by atoms with van der Waals surface area (Å²) in [5.41, 5.74) is 13.4. The molecule has 4 N–H and O–H groups in total. The lowest BCUT2D eigenvalue weighted by atomic mass is 10.1. The van der Waals surface area contributed by atoms with Crippen molar-refractivity contribution in [3.05, 3.63) is 12.7 Å². The van der Waals surface area contributed by atoms with Gasteiger partial charge in [0.25, 0.3) is 0 Å². The molecular formula is C36H56N10O16P2. The van der Waals surface area contributed by atoms with Crippen LogP contribution in [0.2, 0.25) is 0 Å². The van der Waals surface area contributed by atoms with E-state index in [1.165, 1.54) is 12.7 Å². The van der Waals surface area contributed by atoms with E-state index in [0.29, 0.717) is 73.4 Å². The van der Waals surface area contributed by atoms with Crippen LogP contribution in [0.3, 0.4) is 0 Å². The van der Waals surface area contributed by atoms with Gasteiger partial charge in [0, 0.05) is 0 Å². The number of phosphoric ester groups is 2. The normalized spacial score (nSPS) is 22.0. The molecule has 356 valence electrons. The van der Waals surface area contributed by atoms with E-state index in [1.54, 1.807) is 36.8 Å². The molecule has 0 unspecified atom stereocenters. The highest BCUT2D eigenvalue weighted by molar-refractivity contribution is 7.48. The summed E-state index contributed by atoms with van der Waals surface area (Å²) in [5.74, 6) is -0.713. The molecule has 2 atom stereocenters. The second-order valence-electron chi connectivity index (χ2n) is 13.9. The number of rotatable bonds is 22. The predicted molar refractivity (Wildman–Crippen MR) is 223 cm³/mol. The van der Waals surface area contributed by atoms with Gasteiger partial charge in [-0.3, -0.25) is 45.9 Å². The second kappa shape index (κ2) is 24.1. The Balaban J connectivity index is 0.000000241. The zero-order chi connectivity index (χ0) is 46.3. The van der Waals surface area contributed by atoms with Crippen molar-refractivity contribution in [2.24, 2.45) is 11.8 Å². The number of hydrogen-bond acceptors (Lipinski definition) is 24. The van der Waals surface area contributed by atoms with E-state index in [2.05, 4.69) is 29.9 Å². The minimum absolute atomic E-state index is 0.0126. The van der Waals surface area contributed by atoms with Crippen LogP contribution in [0, 0.1) is 11.8 Å².